The standard InChI is InChI=1S/C24H35F3N2O.C6H12O2/c1-7-17(3)18(4)9-8-16(2)14-19(5)23-15-20(6)29(28-23)21-10-12-22(13-11-21)30-24(25,26)27;1-5(7)8-6(2,3)4/h10-13,15-19H,7-9,14H2,1-6H3;1-4H3. The van der Waals surface area contributed by atoms with Crippen LogP contribution in [0.2, 0.25) is 0 Å². The van der Waals surface area contributed by atoms with E-state index in [1.54, 1.807) is 16.8 Å². The summed E-state index contributed by atoms with van der Waals surface area (Å²) in [6.45, 7) is 20.3. The van der Waals surface area contributed by atoms with Crippen molar-refractivity contribution < 1.29 is 27.4 Å². The van der Waals surface area contributed by atoms with Crippen LogP contribution < -0.4 is 4.74 Å². The van der Waals surface area contributed by atoms with E-state index < -0.39 is 6.36 Å². The summed E-state index contributed by atoms with van der Waals surface area (Å²) in [5.74, 6) is 2.00. The largest absolute Gasteiger partial charge is 0.573 e. The van der Waals surface area contributed by atoms with Crippen molar-refractivity contribution in [3.63, 3.8) is 0 Å². The highest BCUT2D eigenvalue weighted by Crippen LogP contribution is 2.30. The van der Waals surface area contributed by atoms with Gasteiger partial charge in [-0.05, 0) is 82.2 Å². The molecule has 0 spiro atoms. The first-order valence-electron chi connectivity index (χ1n) is 13.5. The lowest BCUT2D eigenvalue weighted by molar-refractivity contribution is -0.274. The van der Waals surface area contributed by atoms with Crippen molar-refractivity contribution in [2.75, 3.05) is 0 Å². The number of nitrogens with zero attached hydrogens (tertiary/aromatic N) is 2. The number of carbonyl (C=O) groups is 1. The number of alkyl halides is 3. The van der Waals surface area contributed by atoms with Gasteiger partial charge in [-0.25, -0.2) is 4.68 Å². The molecule has 0 aliphatic carbocycles. The zero-order valence-electron chi connectivity index (χ0n) is 24.8. The van der Waals surface area contributed by atoms with E-state index in [4.69, 9.17) is 9.84 Å². The molecule has 1 aromatic carbocycles. The van der Waals surface area contributed by atoms with E-state index in [0.29, 0.717) is 11.8 Å². The van der Waals surface area contributed by atoms with Crippen LogP contribution in [0.5, 0.6) is 5.75 Å². The minimum Gasteiger partial charge on any atom is -0.460 e. The van der Waals surface area contributed by atoms with Crippen LogP contribution in [0.4, 0.5) is 13.2 Å². The Bertz CT molecular complexity index is 978. The van der Waals surface area contributed by atoms with Crippen LogP contribution in [-0.2, 0) is 9.53 Å². The number of rotatable bonds is 10. The SMILES string of the molecule is CC(=O)OC(C)(C)C.CCC(C)C(C)CCC(C)CC(C)c1cc(C)n(-c2ccc(OC(F)(F)F)cc2)n1. The Balaban J connectivity index is 0.000000781. The normalized spacial score (nSPS) is 15.1. The summed E-state index contributed by atoms with van der Waals surface area (Å²) in [5.41, 5.74) is 2.37. The highest BCUT2D eigenvalue weighted by atomic mass is 19.4. The van der Waals surface area contributed by atoms with Crippen molar-refractivity contribution in [1.82, 2.24) is 9.78 Å². The van der Waals surface area contributed by atoms with Crippen molar-refractivity contribution >= 4 is 5.97 Å². The highest BCUT2D eigenvalue weighted by molar-refractivity contribution is 5.66. The average Bonchev–Trinajstić information content (AvgIpc) is 3.16. The number of hydrogen-bond donors (Lipinski definition) is 0. The first-order valence-corrected chi connectivity index (χ1v) is 13.5. The van der Waals surface area contributed by atoms with Crippen LogP contribution in [-0.4, -0.2) is 27.7 Å². The second kappa shape index (κ2) is 14.6. The molecule has 0 saturated heterocycles. The summed E-state index contributed by atoms with van der Waals surface area (Å²) in [6.07, 6.45) is 0.0850. The third-order valence-electron chi connectivity index (χ3n) is 6.66. The number of aryl methyl sites for hydroxylation is 1. The van der Waals surface area contributed by atoms with Crippen molar-refractivity contribution in [3.8, 4) is 11.4 Å². The van der Waals surface area contributed by atoms with E-state index in [1.807, 2.05) is 27.7 Å². The Hall–Kier alpha value is -2.51. The predicted molar refractivity (Wildman–Crippen MR) is 147 cm³/mol. The monoisotopic (exact) mass is 540 g/mol. The second-order valence-electron chi connectivity index (χ2n) is 11.6. The van der Waals surface area contributed by atoms with Crippen LogP contribution in [0.3, 0.4) is 0 Å². The maximum Gasteiger partial charge on any atom is 0.573 e. The quantitative estimate of drug-likeness (QED) is 0.282. The molecule has 0 saturated carbocycles. The molecule has 1 aromatic heterocycles. The zero-order valence-corrected chi connectivity index (χ0v) is 24.8. The van der Waals surface area contributed by atoms with E-state index in [9.17, 15) is 18.0 Å². The lowest BCUT2D eigenvalue weighted by Crippen LogP contribution is -2.21. The van der Waals surface area contributed by atoms with Gasteiger partial charge in [-0.15, -0.1) is 13.2 Å². The van der Waals surface area contributed by atoms with Crippen LogP contribution >= 0.6 is 0 Å². The summed E-state index contributed by atoms with van der Waals surface area (Å²) >= 11 is 0. The number of halogens is 3. The lowest BCUT2D eigenvalue weighted by atomic mass is 9.84. The van der Waals surface area contributed by atoms with Crippen LogP contribution in [0, 0.1) is 24.7 Å². The number of ether oxygens (including phenoxy) is 2. The van der Waals surface area contributed by atoms with E-state index in [2.05, 4.69) is 45.4 Å². The molecule has 38 heavy (non-hydrogen) atoms. The molecular weight excluding hydrogens is 493 g/mol. The van der Waals surface area contributed by atoms with Gasteiger partial charge < -0.3 is 9.47 Å². The minimum atomic E-state index is -4.69. The summed E-state index contributed by atoms with van der Waals surface area (Å²) in [4.78, 5) is 10.2. The molecule has 8 heteroatoms. The van der Waals surface area contributed by atoms with Crippen molar-refractivity contribution in [3.05, 3.63) is 41.7 Å². The molecule has 5 nitrogen and oxygen atoms in total. The minimum absolute atomic E-state index is 0.225. The van der Waals surface area contributed by atoms with Gasteiger partial charge in [0.15, 0.2) is 0 Å². The predicted octanol–water partition coefficient (Wildman–Crippen LogP) is 9.02. The average molecular weight is 541 g/mol. The van der Waals surface area contributed by atoms with Gasteiger partial charge in [0.05, 0.1) is 11.4 Å². The lowest BCUT2D eigenvalue weighted by Gasteiger charge is -2.21. The molecule has 2 rings (SSSR count). The third kappa shape index (κ3) is 12.8. The molecule has 216 valence electrons. The third-order valence-corrected chi connectivity index (χ3v) is 6.66. The smallest absolute Gasteiger partial charge is 0.460 e. The summed E-state index contributed by atoms with van der Waals surface area (Å²) in [5, 5.41) is 4.73. The Labute approximate surface area is 227 Å². The van der Waals surface area contributed by atoms with Crippen LogP contribution in [0.25, 0.3) is 5.69 Å². The van der Waals surface area contributed by atoms with E-state index in [0.717, 1.165) is 35.3 Å². The van der Waals surface area contributed by atoms with Gasteiger partial charge >= 0.3 is 12.3 Å². The van der Waals surface area contributed by atoms with E-state index in [1.165, 1.54) is 38.3 Å². The second-order valence-corrected chi connectivity index (χ2v) is 11.6. The first-order chi connectivity index (χ1) is 17.4. The molecular formula is C30H47F3N2O3. The number of benzene rings is 1. The molecule has 2 aromatic rings. The molecule has 0 N–H and O–H groups in total. The first kappa shape index (κ1) is 33.5. The number of aromatic nitrogens is 2. The molecule has 4 atom stereocenters. The maximum atomic E-state index is 12.3. The maximum absolute atomic E-state index is 12.3. The van der Waals surface area contributed by atoms with Gasteiger partial charge in [0.2, 0.25) is 0 Å². The Morgan fingerprint density at radius 1 is 1.00 bits per heavy atom. The summed E-state index contributed by atoms with van der Waals surface area (Å²) in [6, 6.07) is 7.88. The van der Waals surface area contributed by atoms with E-state index >= 15 is 0 Å². The summed E-state index contributed by atoms with van der Waals surface area (Å²) in [7, 11) is 0. The number of hydrogen-bond acceptors (Lipinski definition) is 4. The topological polar surface area (TPSA) is 53.4 Å². The Morgan fingerprint density at radius 3 is 2.03 bits per heavy atom. The summed E-state index contributed by atoms with van der Waals surface area (Å²) < 4.78 is 47.5. The van der Waals surface area contributed by atoms with Gasteiger partial charge in [-0.2, -0.15) is 5.10 Å². The fourth-order valence-electron chi connectivity index (χ4n) is 4.30. The van der Waals surface area contributed by atoms with Crippen LogP contribution in [0.1, 0.15) is 105 Å². The zero-order chi connectivity index (χ0) is 29.3. The van der Waals surface area contributed by atoms with Crippen molar-refractivity contribution in [2.45, 2.75) is 113 Å². The van der Waals surface area contributed by atoms with Gasteiger partial charge in [-0.3, -0.25) is 4.79 Å². The fourth-order valence-corrected chi connectivity index (χ4v) is 4.30. The van der Waals surface area contributed by atoms with E-state index in [-0.39, 0.29) is 17.3 Å². The molecule has 0 radical (unpaired) electrons. The number of carbonyl (C=O) groups excluding carboxylic acids is 1. The van der Waals surface area contributed by atoms with Crippen LogP contribution in [0.15, 0.2) is 30.3 Å². The molecule has 1 heterocycles. The Kier molecular flexibility index (Phi) is 12.9. The van der Waals surface area contributed by atoms with Gasteiger partial charge in [0.1, 0.15) is 11.4 Å². The van der Waals surface area contributed by atoms with Gasteiger partial charge in [-0.1, -0.05) is 53.9 Å². The molecule has 0 amide bonds. The molecule has 4 unspecified atom stereocenters. The van der Waals surface area contributed by atoms with Gasteiger partial charge in [0.25, 0.3) is 0 Å². The molecule has 0 fully saturated rings. The highest BCUT2D eigenvalue weighted by Gasteiger charge is 2.31. The molecule has 0 aliphatic heterocycles. The number of esters is 1. The molecule has 0 bridgehead atoms. The van der Waals surface area contributed by atoms with Crippen molar-refractivity contribution in [1.29, 1.82) is 0 Å². The van der Waals surface area contributed by atoms with Gasteiger partial charge in [0, 0.05) is 18.5 Å². The van der Waals surface area contributed by atoms with Crippen molar-refractivity contribution in [2.24, 2.45) is 17.8 Å². The fraction of sp³-hybridized carbons (Fsp3) is 0.667. The molecule has 0 aliphatic rings. The Morgan fingerprint density at radius 2 is 1.58 bits per heavy atom.